The molecule has 0 bridgehead atoms. The van der Waals surface area contributed by atoms with E-state index in [2.05, 4.69) is 19.9 Å². The summed E-state index contributed by atoms with van der Waals surface area (Å²) in [7, 11) is 0. The highest BCUT2D eigenvalue weighted by molar-refractivity contribution is 5.99. The summed E-state index contributed by atoms with van der Waals surface area (Å²) < 4.78 is 37.1. The smallest absolute Gasteiger partial charge is 0.353 e. The second-order valence-electron chi connectivity index (χ2n) is 6.32. The van der Waals surface area contributed by atoms with Gasteiger partial charge in [-0.2, -0.15) is 13.2 Å². The van der Waals surface area contributed by atoms with E-state index in [1.807, 2.05) is 6.07 Å². The molecule has 0 aliphatic carbocycles. The third kappa shape index (κ3) is 4.56. The van der Waals surface area contributed by atoms with Gasteiger partial charge in [0.2, 0.25) is 5.91 Å². The third-order valence-corrected chi connectivity index (χ3v) is 4.41. The molecule has 1 aliphatic heterocycles. The molecule has 28 heavy (non-hydrogen) atoms. The van der Waals surface area contributed by atoms with Crippen LogP contribution in [-0.2, 0) is 4.79 Å². The molecule has 1 saturated heterocycles. The molecule has 10 heteroatoms. The number of hydrogen-bond donors (Lipinski definition) is 2. The Bertz CT molecular complexity index is 897. The molecule has 1 fully saturated rings. The van der Waals surface area contributed by atoms with E-state index >= 15 is 0 Å². The van der Waals surface area contributed by atoms with Crippen LogP contribution in [0.4, 0.5) is 19.0 Å². The van der Waals surface area contributed by atoms with E-state index in [1.165, 1.54) is 6.20 Å². The summed E-state index contributed by atoms with van der Waals surface area (Å²) >= 11 is 0. The molecule has 2 aromatic heterocycles. The van der Waals surface area contributed by atoms with E-state index in [0.29, 0.717) is 37.9 Å². The number of hydrogen-bond acceptors (Lipinski definition) is 5. The number of aromatic nitrogens is 3. The average molecular weight is 392 g/mol. The number of carbonyl (C=O) groups excluding carboxylic acids is 1. The molecule has 148 valence electrons. The molecule has 0 unspecified atom stereocenters. The number of halogens is 3. The van der Waals surface area contributed by atoms with Gasteiger partial charge < -0.3 is 14.8 Å². The highest BCUT2D eigenvalue weighted by atomic mass is 19.4. The van der Waals surface area contributed by atoms with Crippen LogP contribution in [0.2, 0.25) is 0 Å². The highest BCUT2D eigenvalue weighted by Crippen LogP contribution is 2.23. The van der Waals surface area contributed by atoms with E-state index < -0.39 is 11.9 Å². The van der Waals surface area contributed by atoms with Gasteiger partial charge in [0.25, 0.3) is 0 Å². The molecule has 0 aromatic carbocycles. The first-order valence-corrected chi connectivity index (χ1v) is 8.60. The van der Waals surface area contributed by atoms with Gasteiger partial charge in [-0.1, -0.05) is 0 Å². The first-order chi connectivity index (χ1) is 13.2. The van der Waals surface area contributed by atoms with Gasteiger partial charge in [-0.05, 0) is 24.3 Å². The lowest BCUT2D eigenvalue weighted by molar-refractivity contribution is -0.129. The molecule has 3 heterocycles. The number of imidazole rings is 1. The van der Waals surface area contributed by atoms with Crippen LogP contribution >= 0.6 is 0 Å². The Labute approximate surface area is 159 Å². The van der Waals surface area contributed by atoms with Crippen LogP contribution in [0.25, 0.3) is 17.3 Å². The minimum atomic E-state index is -4.68. The largest absolute Gasteiger partial charge is 0.432 e. The molecule has 0 radical (unpaired) electrons. The van der Waals surface area contributed by atoms with Crippen molar-refractivity contribution in [3.05, 3.63) is 36.4 Å². The van der Waals surface area contributed by atoms with Crippen molar-refractivity contribution >= 4 is 23.5 Å². The fourth-order valence-electron chi connectivity index (χ4n) is 2.83. The third-order valence-electron chi connectivity index (χ3n) is 4.41. The summed E-state index contributed by atoms with van der Waals surface area (Å²) in [5, 5.41) is 6.95. The van der Waals surface area contributed by atoms with Gasteiger partial charge in [0.05, 0.1) is 11.9 Å². The molecule has 0 spiro atoms. The van der Waals surface area contributed by atoms with Gasteiger partial charge in [0.15, 0.2) is 0 Å². The van der Waals surface area contributed by atoms with Crippen molar-refractivity contribution in [2.24, 2.45) is 0 Å². The van der Waals surface area contributed by atoms with Crippen LogP contribution in [0.3, 0.4) is 0 Å². The Kier molecular flexibility index (Phi) is 5.48. The SMILES string of the molecule is CC(=O)N1CCN(c2cc(-c3cnc(/C=C\C(=N)C(F)(F)F)[nH]3)ccn2)CC1. The number of alkyl halides is 3. The molecule has 0 saturated carbocycles. The number of amides is 1. The summed E-state index contributed by atoms with van der Waals surface area (Å²) in [5.41, 5.74) is -0.0254. The number of carbonyl (C=O) groups is 1. The molecule has 1 aliphatic rings. The number of piperazine rings is 1. The maximum atomic E-state index is 12.4. The molecular weight excluding hydrogens is 373 g/mol. The number of aromatic amines is 1. The zero-order chi connectivity index (χ0) is 20.3. The zero-order valence-electron chi connectivity index (χ0n) is 15.1. The first-order valence-electron chi connectivity index (χ1n) is 8.60. The van der Waals surface area contributed by atoms with Gasteiger partial charge in [-0.25, -0.2) is 9.97 Å². The number of nitrogens with zero attached hydrogens (tertiary/aromatic N) is 4. The fourth-order valence-corrected chi connectivity index (χ4v) is 2.83. The van der Waals surface area contributed by atoms with Crippen molar-refractivity contribution in [3.63, 3.8) is 0 Å². The quantitative estimate of drug-likeness (QED) is 0.783. The maximum Gasteiger partial charge on any atom is 0.432 e. The van der Waals surface area contributed by atoms with Crippen molar-refractivity contribution < 1.29 is 18.0 Å². The van der Waals surface area contributed by atoms with E-state index in [1.54, 1.807) is 24.1 Å². The minimum absolute atomic E-state index is 0.0537. The predicted octanol–water partition coefficient (Wildman–Crippen LogP) is 2.74. The summed E-state index contributed by atoms with van der Waals surface area (Å²) in [6, 6.07) is 3.64. The second-order valence-corrected chi connectivity index (χ2v) is 6.32. The molecule has 2 aromatic rings. The van der Waals surface area contributed by atoms with Crippen molar-refractivity contribution in [1.29, 1.82) is 5.41 Å². The monoisotopic (exact) mass is 392 g/mol. The zero-order valence-corrected chi connectivity index (χ0v) is 15.1. The van der Waals surface area contributed by atoms with Crippen LogP contribution in [-0.4, -0.2) is 63.8 Å². The lowest BCUT2D eigenvalue weighted by Crippen LogP contribution is -2.48. The second kappa shape index (κ2) is 7.83. The molecule has 1 amide bonds. The van der Waals surface area contributed by atoms with Crippen LogP contribution in [0.5, 0.6) is 0 Å². The Balaban J connectivity index is 1.71. The number of rotatable bonds is 4. The Morgan fingerprint density at radius 1 is 1.25 bits per heavy atom. The van der Waals surface area contributed by atoms with Crippen LogP contribution in [0.15, 0.2) is 30.6 Å². The van der Waals surface area contributed by atoms with Crippen molar-refractivity contribution in [2.45, 2.75) is 13.1 Å². The summed E-state index contributed by atoms with van der Waals surface area (Å²) in [5.74, 6) is 1.03. The van der Waals surface area contributed by atoms with Crippen LogP contribution < -0.4 is 4.90 Å². The molecule has 2 N–H and O–H groups in total. The predicted molar refractivity (Wildman–Crippen MR) is 99.1 cm³/mol. The number of nitrogens with one attached hydrogen (secondary N) is 2. The molecule has 3 rings (SSSR count). The lowest BCUT2D eigenvalue weighted by Gasteiger charge is -2.35. The number of anilines is 1. The van der Waals surface area contributed by atoms with E-state index in [9.17, 15) is 18.0 Å². The van der Waals surface area contributed by atoms with Crippen LogP contribution in [0.1, 0.15) is 12.7 Å². The Hall–Kier alpha value is -3.17. The van der Waals surface area contributed by atoms with E-state index in [4.69, 9.17) is 5.41 Å². The summed E-state index contributed by atoms with van der Waals surface area (Å²) in [6.07, 6.45) is 0.261. The van der Waals surface area contributed by atoms with Gasteiger partial charge in [-0.3, -0.25) is 10.2 Å². The molecule has 0 atom stereocenters. The topological polar surface area (TPSA) is 89.0 Å². The number of pyridine rings is 1. The van der Waals surface area contributed by atoms with Gasteiger partial charge in [-0.15, -0.1) is 0 Å². The summed E-state index contributed by atoms with van der Waals surface area (Å²) in [6.45, 7) is 4.16. The minimum Gasteiger partial charge on any atom is -0.353 e. The van der Waals surface area contributed by atoms with Crippen molar-refractivity contribution in [3.8, 4) is 11.3 Å². The van der Waals surface area contributed by atoms with Crippen molar-refractivity contribution in [2.75, 3.05) is 31.1 Å². The van der Waals surface area contributed by atoms with E-state index in [-0.39, 0.29) is 11.7 Å². The Morgan fingerprint density at radius 3 is 2.61 bits per heavy atom. The van der Waals surface area contributed by atoms with E-state index in [0.717, 1.165) is 17.5 Å². The van der Waals surface area contributed by atoms with Gasteiger partial charge >= 0.3 is 6.18 Å². The average Bonchev–Trinajstić information content (AvgIpc) is 3.14. The first kappa shape index (κ1) is 19.6. The standard InChI is InChI=1S/C18H19F3N6O/c1-12(28)26-6-8-27(9-7-26)17-10-13(4-5-23-17)14-11-24-16(25-14)3-2-15(22)18(19,20)21/h2-5,10-11,22H,6-9H2,1H3,(H,24,25)/b3-2-,22-15?. The van der Waals surface area contributed by atoms with Crippen LogP contribution in [0, 0.1) is 5.41 Å². The highest BCUT2D eigenvalue weighted by Gasteiger charge is 2.32. The van der Waals surface area contributed by atoms with Gasteiger partial charge in [0, 0.05) is 44.9 Å². The van der Waals surface area contributed by atoms with Crippen molar-refractivity contribution in [1.82, 2.24) is 19.9 Å². The lowest BCUT2D eigenvalue weighted by atomic mass is 10.2. The fraction of sp³-hybridized carbons (Fsp3) is 0.333. The maximum absolute atomic E-state index is 12.4. The molecule has 7 nitrogen and oxygen atoms in total. The van der Waals surface area contributed by atoms with Gasteiger partial charge in [0.1, 0.15) is 17.4 Å². The normalized spacial score (nSPS) is 15.3. The number of allylic oxidation sites excluding steroid dienone is 1. The summed E-state index contributed by atoms with van der Waals surface area (Å²) in [4.78, 5) is 26.6. The molecular formula is C18H19F3N6O. The number of H-pyrrole nitrogens is 1. The Morgan fingerprint density at radius 2 is 1.96 bits per heavy atom.